The van der Waals surface area contributed by atoms with Gasteiger partial charge >= 0.3 is 0 Å². The van der Waals surface area contributed by atoms with Crippen LogP contribution in [0.3, 0.4) is 0 Å². The van der Waals surface area contributed by atoms with Crippen LogP contribution in [-0.2, 0) is 6.42 Å². The van der Waals surface area contributed by atoms with Gasteiger partial charge in [0.15, 0.2) is 5.58 Å². The molecular formula is C21H25FN6O2. The van der Waals surface area contributed by atoms with Gasteiger partial charge in [0.05, 0.1) is 23.6 Å². The number of nitrogen functional groups attached to an aromatic ring is 1. The number of hydrogen-bond acceptors (Lipinski definition) is 7. The molecule has 8 nitrogen and oxygen atoms in total. The van der Waals surface area contributed by atoms with Crippen LogP contribution >= 0.6 is 0 Å². The maximum atomic E-state index is 13.8. The van der Waals surface area contributed by atoms with Gasteiger partial charge < -0.3 is 26.1 Å². The molecule has 0 bridgehead atoms. The zero-order valence-electron chi connectivity index (χ0n) is 16.8. The number of carbonyl (C=O) groups is 1. The first kappa shape index (κ1) is 20.1. The van der Waals surface area contributed by atoms with Crippen molar-refractivity contribution in [3.05, 3.63) is 41.9 Å². The fourth-order valence-corrected chi connectivity index (χ4v) is 3.80. The summed E-state index contributed by atoms with van der Waals surface area (Å²) in [6, 6.07) is 3.05. The third kappa shape index (κ3) is 3.80. The minimum Gasteiger partial charge on any atom is -0.438 e. The molecule has 5 N–H and O–H groups in total. The Balaban J connectivity index is 1.61. The lowest BCUT2D eigenvalue weighted by molar-refractivity contribution is 0.102. The summed E-state index contributed by atoms with van der Waals surface area (Å²) in [7, 11) is 0. The number of aryl methyl sites for hydroxylation is 1. The summed E-state index contributed by atoms with van der Waals surface area (Å²) in [6.07, 6.45) is 6.05. The molecule has 0 spiro atoms. The largest absolute Gasteiger partial charge is 0.438 e. The van der Waals surface area contributed by atoms with Gasteiger partial charge in [-0.1, -0.05) is 13.3 Å². The van der Waals surface area contributed by atoms with Crippen LogP contribution in [0.1, 0.15) is 35.7 Å². The fraction of sp³-hybridized carbons (Fsp3) is 0.381. The monoisotopic (exact) mass is 412 g/mol. The van der Waals surface area contributed by atoms with Crippen molar-refractivity contribution in [3.63, 3.8) is 0 Å². The number of rotatable bonds is 5. The number of nitrogens with two attached hydrogens (primary N) is 2. The molecule has 1 saturated heterocycles. The number of aromatic nitrogens is 2. The zero-order chi connectivity index (χ0) is 21.3. The normalized spacial score (nSPS) is 19.2. The van der Waals surface area contributed by atoms with Crippen LogP contribution < -0.4 is 21.7 Å². The standard InChI is InChI=1S/C21H25FN6O2/c1-2-3-12-8-17-19(26-9-12)18(20(24)30-17)21(29)27-15-10-25-6-4-16(15)28-7-5-13(22)14(23)11-28/h4,6,8-10,13-14H,2-3,5,7,11,23-24H2,1H3,(H,27,29). The van der Waals surface area contributed by atoms with E-state index in [1.54, 1.807) is 24.7 Å². The molecule has 2 atom stereocenters. The second kappa shape index (κ2) is 8.27. The van der Waals surface area contributed by atoms with Crippen LogP contribution in [0.2, 0.25) is 0 Å². The Kier molecular flexibility index (Phi) is 5.54. The van der Waals surface area contributed by atoms with E-state index in [1.165, 1.54) is 0 Å². The molecule has 4 rings (SSSR count). The van der Waals surface area contributed by atoms with Gasteiger partial charge in [0.25, 0.3) is 5.91 Å². The minimum absolute atomic E-state index is 0.00866. The maximum Gasteiger partial charge on any atom is 0.263 e. The summed E-state index contributed by atoms with van der Waals surface area (Å²) in [4.78, 5) is 23.5. The Morgan fingerprint density at radius 3 is 3.03 bits per heavy atom. The molecule has 0 aliphatic carbocycles. The Labute approximate surface area is 173 Å². The number of nitrogens with zero attached hydrogens (tertiary/aromatic N) is 3. The van der Waals surface area contributed by atoms with Crippen molar-refractivity contribution in [2.45, 2.75) is 38.4 Å². The van der Waals surface area contributed by atoms with Gasteiger partial charge in [-0.3, -0.25) is 14.8 Å². The van der Waals surface area contributed by atoms with Crippen LogP contribution in [0.4, 0.5) is 21.6 Å². The second-order valence-corrected chi connectivity index (χ2v) is 7.54. The predicted molar refractivity (Wildman–Crippen MR) is 114 cm³/mol. The smallest absolute Gasteiger partial charge is 0.263 e. The highest BCUT2D eigenvalue weighted by Crippen LogP contribution is 2.31. The molecule has 1 aliphatic heterocycles. The molecule has 0 radical (unpaired) electrons. The van der Waals surface area contributed by atoms with Gasteiger partial charge in [-0.25, -0.2) is 4.39 Å². The van der Waals surface area contributed by atoms with Crippen molar-refractivity contribution in [1.82, 2.24) is 9.97 Å². The molecular weight excluding hydrogens is 387 g/mol. The predicted octanol–water partition coefficient (Wildman–Crippen LogP) is 2.89. The summed E-state index contributed by atoms with van der Waals surface area (Å²) in [6.45, 7) is 2.93. The van der Waals surface area contributed by atoms with E-state index in [9.17, 15) is 9.18 Å². The molecule has 3 aromatic heterocycles. The number of pyridine rings is 2. The topological polar surface area (TPSA) is 123 Å². The number of anilines is 3. The molecule has 3 aromatic rings. The number of carbonyl (C=O) groups excluding carboxylic acids is 1. The Morgan fingerprint density at radius 2 is 2.27 bits per heavy atom. The number of hydrogen-bond donors (Lipinski definition) is 3. The van der Waals surface area contributed by atoms with Crippen molar-refractivity contribution in [2.75, 3.05) is 29.0 Å². The van der Waals surface area contributed by atoms with Crippen molar-refractivity contribution in [1.29, 1.82) is 0 Å². The highest BCUT2D eigenvalue weighted by Gasteiger charge is 2.28. The molecule has 1 fully saturated rings. The first-order valence-corrected chi connectivity index (χ1v) is 10.0. The van der Waals surface area contributed by atoms with Gasteiger partial charge in [-0.05, 0) is 30.5 Å². The molecule has 158 valence electrons. The summed E-state index contributed by atoms with van der Waals surface area (Å²) in [5.41, 5.74) is 15.2. The van der Waals surface area contributed by atoms with E-state index in [0.29, 0.717) is 36.3 Å². The molecule has 1 aliphatic rings. The van der Waals surface area contributed by atoms with Crippen molar-refractivity contribution in [3.8, 4) is 0 Å². The molecule has 0 aromatic carbocycles. The van der Waals surface area contributed by atoms with E-state index in [2.05, 4.69) is 22.2 Å². The maximum absolute atomic E-state index is 13.8. The van der Waals surface area contributed by atoms with E-state index in [0.717, 1.165) is 24.1 Å². The first-order chi connectivity index (χ1) is 14.5. The van der Waals surface area contributed by atoms with Crippen LogP contribution in [0.5, 0.6) is 0 Å². The molecule has 2 unspecified atom stereocenters. The highest BCUT2D eigenvalue weighted by molar-refractivity contribution is 6.15. The van der Waals surface area contributed by atoms with Crippen LogP contribution in [0.15, 0.2) is 35.1 Å². The number of halogens is 1. The molecule has 4 heterocycles. The summed E-state index contributed by atoms with van der Waals surface area (Å²) in [5, 5.41) is 2.85. The molecule has 1 amide bonds. The zero-order valence-corrected chi connectivity index (χ0v) is 16.8. The lowest BCUT2D eigenvalue weighted by Crippen LogP contribution is -2.50. The number of piperidine rings is 1. The average Bonchev–Trinajstić information content (AvgIpc) is 3.06. The van der Waals surface area contributed by atoms with Crippen molar-refractivity contribution in [2.24, 2.45) is 5.73 Å². The second-order valence-electron chi connectivity index (χ2n) is 7.54. The Hall–Kier alpha value is -3.20. The lowest BCUT2D eigenvalue weighted by atomic mass is 10.0. The van der Waals surface area contributed by atoms with Gasteiger partial charge in [0, 0.05) is 25.5 Å². The average molecular weight is 412 g/mol. The van der Waals surface area contributed by atoms with Crippen molar-refractivity contribution >= 4 is 34.3 Å². The number of amides is 1. The highest BCUT2D eigenvalue weighted by atomic mass is 19.1. The summed E-state index contributed by atoms with van der Waals surface area (Å²) < 4.78 is 19.4. The summed E-state index contributed by atoms with van der Waals surface area (Å²) in [5.74, 6) is -0.435. The Bertz CT molecular complexity index is 1070. The number of alkyl halides is 1. The van der Waals surface area contributed by atoms with E-state index in [1.807, 2.05) is 11.0 Å². The van der Waals surface area contributed by atoms with Crippen molar-refractivity contribution < 1.29 is 13.6 Å². The van der Waals surface area contributed by atoms with Crippen LogP contribution in [0, 0.1) is 0 Å². The first-order valence-electron chi connectivity index (χ1n) is 10.0. The van der Waals surface area contributed by atoms with Gasteiger partial charge in [-0.2, -0.15) is 0 Å². The molecule has 0 saturated carbocycles. The minimum atomic E-state index is -1.03. The van der Waals surface area contributed by atoms with Crippen LogP contribution in [-0.4, -0.2) is 41.2 Å². The SMILES string of the molecule is CCCc1cnc2c(C(=O)Nc3cnccc3N3CCC(F)C(N)C3)c(N)oc2c1. The van der Waals surface area contributed by atoms with Gasteiger partial charge in [-0.15, -0.1) is 0 Å². The Morgan fingerprint density at radius 1 is 1.43 bits per heavy atom. The number of nitrogens with one attached hydrogen (secondary N) is 1. The van der Waals surface area contributed by atoms with Gasteiger partial charge in [0.1, 0.15) is 17.3 Å². The fourth-order valence-electron chi connectivity index (χ4n) is 3.80. The van der Waals surface area contributed by atoms with Gasteiger partial charge in [0.2, 0.25) is 5.88 Å². The van der Waals surface area contributed by atoms with Crippen LogP contribution in [0.25, 0.3) is 11.1 Å². The third-order valence-corrected chi connectivity index (χ3v) is 5.34. The molecule has 30 heavy (non-hydrogen) atoms. The summed E-state index contributed by atoms with van der Waals surface area (Å²) >= 11 is 0. The third-order valence-electron chi connectivity index (χ3n) is 5.34. The lowest BCUT2D eigenvalue weighted by Gasteiger charge is -2.35. The van der Waals surface area contributed by atoms with E-state index in [4.69, 9.17) is 15.9 Å². The molecule has 9 heteroatoms. The van der Waals surface area contributed by atoms with E-state index >= 15 is 0 Å². The number of furan rings is 1. The van der Waals surface area contributed by atoms with E-state index < -0.39 is 18.1 Å². The number of fused-ring (bicyclic) bond motifs is 1. The quantitative estimate of drug-likeness (QED) is 0.589. The van der Waals surface area contributed by atoms with E-state index in [-0.39, 0.29) is 11.4 Å².